The van der Waals surface area contributed by atoms with Gasteiger partial charge in [0.1, 0.15) is 5.82 Å². The molecule has 0 amide bonds. The lowest BCUT2D eigenvalue weighted by molar-refractivity contribution is 0.377. The molecule has 2 aromatic carbocycles. The zero-order valence-corrected chi connectivity index (χ0v) is 16.3. The van der Waals surface area contributed by atoms with Crippen molar-refractivity contribution in [2.45, 2.75) is 19.9 Å². The summed E-state index contributed by atoms with van der Waals surface area (Å²) in [5.74, 6) is 1.51. The third kappa shape index (κ3) is 4.06. The van der Waals surface area contributed by atoms with Gasteiger partial charge in [0.15, 0.2) is 5.82 Å². The van der Waals surface area contributed by atoms with E-state index in [9.17, 15) is 0 Å². The van der Waals surface area contributed by atoms with Gasteiger partial charge in [-0.25, -0.2) is 9.78 Å². The summed E-state index contributed by atoms with van der Waals surface area (Å²) >= 11 is 0. The number of H-pyrrole nitrogens is 1. The number of tetrazole rings is 1. The number of hydrogen-bond acceptors (Lipinski definition) is 6. The van der Waals surface area contributed by atoms with Crippen molar-refractivity contribution < 1.29 is 4.74 Å². The summed E-state index contributed by atoms with van der Waals surface area (Å²) in [6.45, 7) is 2.65. The quantitative estimate of drug-likeness (QED) is 0.489. The molecule has 29 heavy (non-hydrogen) atoms. The van der Waals surface area contributed by atoms with Crippen LogP contribution >= 0.6 is 0 Å². The Bertz CT molecular complexity index is 1100. The largest absolute Gasteiger partial charge is 0.466 e. The summed E-state index contributed by atoms with van der Waals surface area (Å²) in [5, 5.41) is 18.6. The monoisotopic (exact) mass is 387 g/mol. The van der Waals surface area contributed by atoms with Gasteiger partial charge in [0.2, 0.25) is 0 Å². The lowest BCUT2D eigenvalue weighted by Crippen LogP contribution is -2.05. The average molecular weight is 387 g/mol. The summed E-state index contributed by atoms with van der Waals surface area (Å²) in [6.07, 6.45) is 4.70. The van der Waals surface area contributed by atoms with Gasteiger partial charge in [-0.1, -0.05) is 60.7 Å². The van der Waals surface area contributed by atoms with Crippen molar-refractivity contribution in [3.63, 3.8) is 0 Å². The van der Waals surface area contributed by atoms with Crippen LogP contribution in [0, 0.1) is 0 Å². The number of methoxy groups -OCH3 is 1. The first-order valence-electron chi connectivity index (χ1n) is 9.29. The molecule has 0 bridgehead atoms. The van der Waals surface area contributed by atoms with E-state index in [1.54, 1.807) is 7.11 Å². The molecular weight excluding hydrogens is 366 g/mol. The first kappa shape index (κ1) is 18.5. The average Bonchev–Trinajstić information content (AvgIpc) is 3.43. The van der Waals surface area contributed by atoms with E-state index < -0.39 is 0 Å². The maximum atomic E-state index is 5.19. The first-order chi connectivity index (χ1) is 14.3. The van der Waals surface area contributed by atoms with Crippen LogP contribution < -0.4 is 4.74 Å². The summed E-state index contributed by atoms with van der Waals surface area (Å²) < 4.78 is 7.05. The molecule has 4 aromatic rings. The second-order valence-corrected chi connectivity index (χ2v) is 6.44. The normalized spacial score (nSPS) is 11.2. The number of nitrogens with zero attached hydrogens (tertiary/aromatic N) is 6. The highest BCUT2D eigenvalue weighted by Gasteiger charge is 2.12. The molecule has 8 nitrogen and oxygen atoms in total. The Kier molecular flexibility index (Phi) is 5.42. The minimum absolute atomic E-state index is 0.385. The van der Waals surface area contributed by atoms with Crippen molar-refractivity contribution in [3.05, 3.63) is 72.1 Å². The van der Waals surface area contributed by atoms with Gasteiger partial charge in [0, 0.05) is 12.0 Å². The van der Waals surface area contributed by atoms with Crippen molar-refractivity contribution in [1.82, 2.24) is 35.4 Å². The van der Waals surface area contributed by atoms with Crippen molar-refractivity contribution in [2.75, 3.05) is 7.11 Å². The minimum atomic E-state index is 0.385. The van der Waals surface area contributed by atoms with E-state index in [0.29, 0.717) is 24.8 Å². The van der Waals surface area contributed by atoms with Crippen LogP contribution in [0.2, 0.25) is 0 Å². The topological polar surface area (TPSA) is 94.4 Å². The molecule has 4 rings (SSSR count). The van der Waals surface area contributed by atoms with Crippen LogP contribution in [0.5, 0.6) is 6.01 Å². The fourth-order valence-corrected chi connectivity index (χ4v) is 3.12. The molecule has 8 heteroatoms. The fraction of sp³-hybridized carbons (Fsp3) is 0.190. The second kappa shape index (κ2) is 8.47. The van der Waals surface area contributed by atoms with E-state index in [1.807, 2.05) is 42.0 Å². The zero-order chi connectivity index (χ0) is 20.1. The number of nitrogens with one attached hydrogen (secondary N) is 1. The van der Waals surface area contributed by atoms with E-state index in [2.05, 4.69) is 61.0 Å². The molecule has 146 valence electrons. The Hall–Kier alpha value is -3.81. The molecule has 0 aliphatic carbocycles. The van der Waals surface area contributed by atoms with Gasteiger partial charge >= 0.3 is 6.01 Å². The summed E-state index contributed by atoms with van der Waals surface area (Å²) in [6, 6.07) is 16.8. The van der Waals surface area contributed by atoms with E-state index in [1.165, 1.54) is 0 Å². The lowest BCUT2D eigenvalue weighted by atomic mass is 9.98. The van der Waals surface area contributed by atoms with Gasteiger partial charge in [-0.2, -0.15) is 4.98 Å². The number of aromatic amines is 1. The van der Waals surface area contributed by atoms with Crippen molar-refractivity contribution in [3.8, 4) is 28.5 Å². The molecule has 1 N–H and O–H groups in total. The molecule has 2 aromatic heterocycles. The molecular formula is C21H21N7O. The van der Waals surface area contributed by atoms with Gasteiger partial charge in [-0.15, -0.1) is 10.2 Å². The fourth-order valence-electron chi connectivity index (χ4n) is 3.12. The molecule has 0 aliphatic heterocycles. The number of rotatable bonds is 7. The summed E-state index contributed by atoms with van der Waals surface area (Å²) in [5.41, 5.74) is 4.26. The molecule has 2 heterocycles. The predicted molar refractivity (Wildman–Crippen MR) is 109 cm³/mol. The molecule has 0 aliphatic rings. The van der Waals surface area contributed by atoms with Gasteiger partial charge < -0.3 is 4.74 Å². The highest BCUT2D eigenvalue weighted by molar-refractivity contribution is 5.80. The molecule has 0 fully saturated rings. The number of benzene rings is 2. The number of hydrogen-bond donors (Lipinski definition) is 1. The maximum absolute atomic E-state index is 5.19. The summed E-state index contributed by atoms with van der Waals surface area (Å²) in [7, 11) is 1.58. The van der Waals surface area contributed by atoms with Gasteiger partial charge in [0.05, 0.1) is 13.7 Å². The van der Waals surface area contributed by atoms with Crippen LogP contribution in [0.4, 0.5) is 0 Å². The Labute approximate surface area is 168 Å². The van der Waals surface area contributed by atoms with Crippen molar-refractivity contribution in [2.24, 2.45) is 0 Å². The van der Waals surface area contributed by atoms with E-state index in [0.717, 1.165) is 28.1 Å². The number of allylic oxidation sites excluding steroid dienone is 2. The minimum Gasteiger partial charge on any atom is -0.466 e. The van der Waals surface area contributed by atoms with E-state index in [-0.39, 0.29) is 0 Å². The maximum Gasteiger partial charge on any atom is 0.335 e. The number of ether oxygens (including phenoxy) is 1. The van der Waals surface area contributed by atoms with Crippen LogP contribution in [-0.2, 0) is 13.0 Å². The Morgan fingerprint density at radius 2 is 1.86 bits per heavy atom. The summed E-state index contributed by atoms with van der Waals surface area (Å²) in [4.78, 5) is 4.47. The third-order valence-corrected chi connectivity index (χ3v) is 4.58. The van der Waals surface area contributed by atoms with Crippen molar-refractivity contribution >= 4 is 0 Å². The highest BCUT2D eigenvalue weighted by Crippen LogP contribution is 2.30. The zero-order valence-electron chi connectivity index (χ0n) is 16.3. The van der Waals surface area contributed by atoms with Gasteiger partial charge in [0.25, 0.3) is 0 Å². The molecule has 0 unspecified atom stereocenters. The molecule has 0 atom stereocenters. The standard InChI is InChI=1S/C21H21N7O/c1-3-4-13-28-19(22-21(25-28)29-2)14-15-9-11-16(12-10-15)17-7-5-6-8-18(17)20-23-26-27-24-20/h3-12H,13-14H2,1-2H3,(H,23,24,26,27). The van der Waals surface area contributed by atoms with E-state index >= 15 is 0 Å². The second-order valence-electron chi connectivity index (χ2n) is 6.44. The first-order valence-corrected chi connectivity index (χ1v) is 9.29. The van der Waals surface area contributed by atoms with Gasteiger partial charge in [-0.05, 0) is 34.0 Å². The molecule has 0 saturated carbocycles. The predicted octanol–water partition coefficient (Wildman–Crippen LogP) is 3.30. The van der Waals surface area contributed by atoms with Crippen LogP contribution in [0.15, 0.2) is 60.7 Å². The molecule has 0 radical (unpaired) electrons. The highest BCUT2D eigenvalue weighted by atomic mass is 16.5. The van der Waals surface area contributed by atoms with E-state index in [4.69, 9.17) is 4.74 Å². The Morgan fingerprint density at radius 1 is 1.07 bits per heavy atom. The van der Waals surface area contributed by atoms with Crippen LogP contribution in [0.3, 0.4) is 0 Å². The third-order valence-electron chi connectivity index (χ3n) is 4.58. The smallest absolute Gasteiger partial charge is 0.335 e. The lowest BCUT2D eigenvalue weighted by Gasteiger charge is -2.08. The van der Waals surface area contributed by atoms with Crippen LogP contribution in [0.1, 0.15) is 18.3 Å². The van der Waals surface area contributed by atoms with Gasteiger partial charge in [-0.3, -0.25) is 0 Å². The van der Waals surface area contributed by atoms with Crippen LogP contribution in [0.25, 0.3) is 22.5 Å². The van der Waals surface area contributed by atoms with Crippen LogP contribution in [-0.4, -0.2) is 42.5 Å². The number of aromatic nitrogens is 7. The molecule has 0 saturated heterocycles. The van der Waals surface area contributed by atoms with Crippen molar-refractivity contribution in [1.29, 1.82) is 0 Å². The SMILES string of the molecule is CC=CCn1nc(OC)nc1Cc1ccc(-c2ccccc2-c2nnn[nH]2)cc1. The molecule has 0 spiro atoms. The Balaban J connectivity index is 1.60. The Morgan fingerprint density at radius 3 is 2.55 bits per heavy atom.